The van der Waals surface area contributed by atoms with Crippen molar-refractivity contribution in [1.29, 1.82) is 0 Å². The van der Waals surface area contributed by atoms with Crippen LogP contribution in [-0.4, -0.2) is 11.7 Å². The summed E-state index contributed by atoms with van der Waals surface area (Å²) in [6.07, 6.45) is 13.8. The van der Waals surface area contributed by atoms with E-state index in [2.05, 4.69) is 20.8 Å². The molecule has 0 aliphatic heterocycles. The summed E-state index contributed by atoms with van der Waals surface area (Å²) in [5.41, 5.74) is 0. The van der Waals surface area contributed by atoms with Crippen LogP contribution in [0.15, 0.2) is 0 Å². The first-order valence-electron chi connectivity index (χ1n) is 8.72. The van der Waals surface area contributed by atoms with Crippen LogP contribution in [-0.2, 0) is 0 Å². The van der Waals surface area contributed by atoms with Crippen LogP contribution in [0.1, 0.15) is 85.0 Å². The minimum Gasteiger partial charge on any atom is -0.396 e. The van der Waals surface area contributed by atoms with Gasteiger partial charge in [-0.05, 0) is 36.5 Å². The molecule has 0 aromatic rings. The van der Waals surface area contributed by atoms with Crippen molar-refractivity contribution in [2.24, 2.45) is 23.7 Å². The molecule has 1 heteroatoms. The highest BCUT2D eigenvalue weighted by atomic mass is 16.3. The second-order valence-electron chi connectivity index (χ2n) is 7.44. The first-order chi connectivity index (χ1) is 9.11. The maximum absolute atomic E-state index is 9.26. The molecule has 19 heavy (non-hydrogen) atoms. The summed E-state index contributed by atoms with van der Waals surface area (Å²) in [4.78, 5) is 0. The Kier molecular flexibility index (Phi) is 8.77. The van der Waals surface area contributed by atoms with E-state index in [4.69, 9.17) is 0 Å². The molecule has 1 nitrogen and oxygen atoms in total. The minimum absolute atomic E-state index is 0.419. The number of rotatable bonds is 9. The van der Waals surface area contributed by atoms with Crippen molar-refractivity contribution in [1.82, 2.24) is 0 Å². The first kappa shape index (κ1) is 17.0. The van der Waals surface area contributed by atoms with Crippen molar-refractivity contribution in [3.63, 3.8) is 0 Å². The van der Waals surface area contributed by atoms with Crippen molar-refractivity contribution in [3.8, 4) is 0 Å². The molecule has 3 atom stereocenters. The molecule has 0 bridgehead atoms. The van der Waals surface area contributed by atoms with Crippen LogP contribution in [0, 0.1) is 23.7 Å². The van der Waals surface area contributed by atoms with E-state index in [1.165, 1.54) is 64.2 Å². The molecular formula is C18H36O. The van der Waals surface area contributed by atoms with Crippen LogP contribution >= 0.6 is 0 Å². The Bertz CT molecular complexity index is 212. The second kappa shape index (κ2) is 9.80. The van der Waals surface area contributed by atoms with E-state index >= 15 is 0 Å². The average Bonchev–Trinajstić information content (AvgIpc) is 2.38. The van der Waals surface area contributed by atoms with Gasteiger partial charge in [0.25, 0.3) is 0 Å². The fraction of sp³-hybridized carbons (Fsp3) is 1.00. The summed E-state index contributed by atoms with van der Waals surface area (Å²) in [6.45, 7) is 7.50. The van der Waals surface area contributed by atoms with E-state index in [-0.39, 0.29) is 0 Å². The standard InChI is InChI=1S/C18H36O/c1-15(2)7-4-8-16(3)9-5-10-17-11-6-12-18(13-17)14-19/h15-19H,4-14H2,1-3H3. The highest BCUT2D eigenvalue weighted by Gasteiger charge is 2.21. The molecule has 1 aliphatic carbocycles. The van der Waals surface area contributed by atoms with E-state index in [0.717, 1.165) is 17.8 Å². The lowest BCUT2D eigenvalue weighted by molar-refractivity contribution is 0.155. The van der Waals surface area contributed by atoms with Crippen molar-refractivity contribution in [3.05, 3.63) is 0 Å². The molecule has 0 spiro atoms. The largest absolute Gasteiger partial charge is 0.396 e. The summed E-state index contributed by atoms with van der Waals surface area (Å²) in [6, 6.07) is 0. The van der Waals surface area contributed by atoms with E-state index in [9.17, 15) is 5.11 Å². The zero-order valence-corrected chi connectivity index (χ0v) is 13.5. The van der Waals surface area contributed by atoms with Crippen molar-refractivity contribution in [2.75, 3.05) is 6.61 Å². The molecule has 114 valence electrons. The average molecular weight is 268 g/mol. The van der Waals surface area contributed by atoms with Crippen LogP contribution in [0.4, 0.5) is 0 Å². The van der Waals surface area contributed by atoms with Gasteiger partial charge in [0.1, 0.15) is 0 Å². The van der Waals surface area contributed by atoms with Gasteiger partial charge >= 0.3 is 0 Å². The highest BCUT2D eigenvalue weighted by Crippen LogP contribution is 2.32. The Balaban J connectivity index is 2.02. The van der Waals surface area contributed by atoms with Gasteiger partial charge in [-0.25, -0.2) is 0 Å². The predicted molar refractivity (Wildman–Crippen MR) is 84.2 cm³/mol. The Labute approximate surface area is 121 Å². The SMILES string of the molecule is CC(C)CCCC(C)CCCC1CCCC(CO)C1. The first-order valence-corrected chi connectivity index (χ1v) is 8.72. The summed E-state index contributed by atoms with van der Waals surface area (Å²) in [7, 11) is 0. The van der Waals surface area contributed by atoms with Gasteiger partial charge < -0.3 is 5.11 Å². The fourth-order valence-corrected chi connectivity index (χ4v) is 3.60. The third-order valence-corrected chi connectivity index (χ3v) is 4.94. The number of aliphatic hydroxyl groups is 1. The molecule has 0 saturated heterocycles. The highest BCUT2D eigenvalue weighted by molar-refractivity contribution is 4.73. The molecular weight excluding hydrogens is 232 g/mol. The van der Waals surface area contributed by atoms with Gasteiger partial charge in [0, 0.05) is 6.61 Å². The molecule has 1 fully saturated rings. The molecule has 1 aliphatic rings. The number of aliphatic hydroxyl groups excluding tert-OH is 1. The Morgan fingerprint density at radius 2 is 1.63 bits per heavy atom. The minimum atomic E-state index is 0.419. The van der Waals surface area contributed by atoms with Crippen LogP contribution in [0.2, 0.25) is 0 Å². The van der Waals surface area contributed by atoms with Gasteiger partial charge in [-0.15, -0.1) is 0 Å². The Morgan fingerprint density at radius 1 is 0.947 bits per heavy atom. The quantitative estimate of drug-likeness (QED) is 0.592. The van der Waals surface area contributed by atoms with Gasteiger partial charge in [0.2, 0.25) is 0 Å². The van der Waals surface area contributed by atoms with Crippen LogP contribution in [0.5, 0.6) is 0 Å². The summed E-state index contributed by atoms with van der Waals surface area (Å²) >= 11 is 0. The molecule has 0 aromatic carbocycles. The Morgan fingerprint density at radius 3 is 2.32 bits per heavy atom. The molecule has 0 aromatic heterocycles. The zero-order valence-electron chi connectivity index (χ0n) is 13.5. The number of hydrogen-bond acceptors (Lipinski definition) is 1. The van der Waals surface area contributed by atoms with Crippen LogP contribution < -0.4 is 0 Å². The molecule has 1 saturated carbocycles. The van der Waals surface area contributed by atoms with Crippen molar-refractivity contribution >= 4 is 0 Å². The van der Waals surface area contributed by atoms with Gasteiger partial charge in [0.15, 0.2) is 0 Å². The normalized spacial score (nSPS) is 25.7. The number of hydrogen-bond donors (Lipinski definition) is 1. The lowest BCUT2D eigenvalue weighted by Crippen LogP contribution is -2.18. The molecule has 0 amide bonds. The molecule has 1 rings (SSSR count). The van der Waals surface area contributed by atoms with E-state index in [1.54, 1.807) is 0 Å². The van der Waals surface area contributed by atoms with Crippen LogP contribution in [0.25, 0.3) is 0 Å². The third-order valence-electron chi connectivity index (χ3n) is 4.94. The topological polar surface area (TPSA) is 20.2 Å². The smallest absolute Gasteiger partial charge is 0.0459 e. The lowest BCUT2D eigenvalue weighted by Gasteiger charge is -2.28. The molecule has 0 radical (unpaired) electrons. The summed E-state index contributed by atoms with van der Waals surface area (Å²) < 4.78 is 0. The monoisotopic (exact) mass is 268 g/mol. The zero-order chi connectivity index (χ0) is 14.1. The van der Waals surface area contributed by atoms with Crippen LogP contribution in [0.3, 0.4) is 0 Å². The lowest BCUT2D eigenvalue weighted by atomic mass is 9.79. The second-order valence-corrected chi connectivity index (χ2v) is 7.44. The molecule has 3 unspecified atom stereocenters. The van der Waals surface area contributed by atoms with E-state index < -0.39 is 0 Å². The Hall–Kier alpha value is -0.0400. The maximum atomic E-state index is 9.26. The van der Waals surface area contributed by atoms with Gasteiger partial charge in [0.05, 0.1) is 0 Å². The summed E-state index contributed by atoms with van der Waals surface area (Å²) in [5.74, 6) is 3.30. The molecule has 1 N–H and O–H groups in total. The van der Waals surface area contributed by atoms with Gasteiger partial charge in [-0.1, -0.05) is 72.1 Å². The fourth-order valence-electron chi connectivity index (χ4n) is 3.60. The van der Waals surface area contributed by atoms with Crippen molar-refractivity contribution in [2.45, 2.75) is 85.0 Å². The molecule has 0 heterocycles. The van der Waals surface area contributed by atoms with Gasteiger partial charge in [-0.3, -0.25) is 0 Å². The van der Waals surface area contributed by atoms with Gasteiger partial charge in [-0.2, -0.15) is 0 Å². The van der Waals surface area contributed by atoms with Crippen molar-refractivity contribution < 1.29 is 5.11 Å². The maximum Gasteiger partial charge on any atom is 0.0459 e. The summed E-state index contributed by atoms with van der Waals surface area (Å²) in [5, 5.41) is 9.26. The van der Waals surface area contributed by atoms with E-state index in [0.29, 0.717) is 12.5 Å². The predicted octanol–water partition coefficient (Wildman–Crippen LogP) is 5.42. The third kappa shape index (κ3) is 7.97. The van der Waals surface area contributed by atoms with E-state index in [1.807, 2.05) is 0 Å².